The number of benzene rings is 1. The molecule has 0 bridgehead atoms. The van der Waals surface area contributed by atoms with Crippen LogP contribution in [-0.4, -0.2) is 21.0 Å². The van der Waals surface area contributed by atoms with Gasteiger partial charge in [-0.25, -0.2) is 4.79 Å². The van der Waals surface area contributed by atoms with E-state index < -0.39 is 5.97 Å². The van der Waals surface area contributed by atoms with Gasteiger partial charge in [-0.05, 0) is 29.8 Å². The summed E-state index contributed by atoms with van der Waals surface area (Å²) in [6, 6.07) is 8.72. The van der Waals surface area contributed by atoms with Crippen molar-refractivity contribution in [2.75, 3.05) is 5.32 Å². The van der Waals surface area contributed by atoms with Gasteiger partial charge >= 0.3 is 5.97 Å². The number of carboxylic acid groups (broad SMARTS) is 1. The van der Waals surface area contributed by atoms with E-state index in [1.54, 1.807) is 18.5 Å². The number of carboxylic acids is 1. The molecule has 0 saturated heterocycles. The zero-order chi connectivity index (χ0) is 13.9. The van der Waals surface area contributed by atoms with Gasteiger partial charge in [-0.1, -0.05) is 6.07 Å². The summed E-state index contributed by atoms with van der Waals surface area (Å²) in [7, 11) is 0. The van der Waals surface area contributed by atoms with Crippen LogP contribution >= 0.6 is 0 Å². The molecule has 3 aromatic rings. The number of nitrogens with zero attached hydrogens (tertiary/aromatic N) is 2. The summed E-state index contributed by atoms with van der Waals surface area (Å²) in [4.78, 5) is 19.1. The number of rotatable bonds is 4. The van der Waals surface area contributed by atoms with E-state index in [4.69, 9.17) is 9.52 Å². The second-order valence-electron chi connectivity index (χ2n) is 4.22. The normalized spacial score (nSPS) is 10.6. The molecule has 1 aromatic carbocycles. The average molecular weight is 269 g/mol. The highest BCUT2D eigenvalue weighted by atomic mass is 16.4. The summed E-state index contributed by atoms with van der Waals surface area (Å²) in [5.74, 6) is -0.992. The van der Waals surface area contributed by atoms with E-state index >= 15 is 0 Å². The first-order valence-electron chi connectivity index (χ1n) is 5.99. The van der Waals surface area contributed by atoms with Crippen molar-refractivity contribution in [3.63, 3.8) is 0 Å². The third-order valence-corrected chi connectivity index (χ3v) is 2.80. The Morgan fingerprint density at radius 2 is 2.25 bits per heavy atom. The average Bonchev–Trinajstić information content (AvgIpc) is 2.88. The van der Waals surface area contributed by atoms with E-state index in [-0.39, 0.29) is 5.56 Å². The smallest absolute Gasteiger partial charge is 0.335 e. The molecule has 100 valence electrons. The molecule has 20 heavy (non-hydrogen) atoms. The molecule has 0 saturated carbocycles. The summed E-state index contributed by atoms with van der Waals surface area (Å²) < 4.78 is 5.47. The van der Waals surface area contributed by atoms with Gasteiger partial charge in [-0.3, -0.25) is 4.98 Å². The van der Waals surface area contributed by atoms with Crippen molar-refractivity contribution in [3.05, 3.63) is 53.9 Å². The zero-order valence-electron chi connectivity index (χ0n) is 10.4. The monoisotopic (exact) mass is 269 g/mol. The molecule has 2 heterocycles. The van der Waals surface area contributed by atoms with E-state index in [9.17, 15) is 4.79 Å². The molecule has 0 unspecified atom stereocenters. The molecule has 2 N–H and O–H groups in total. The number of oxazole rings is 1. The van der Waals surface area contributed by atoms with Gasteiger partial charge in [-0.2, -0.15) is 4.98 Å². The lowest BCUT2D eigenvalue weighted by Crippen LogP contribution is -1.99. The molecule has 0 aliphatic rings. The second kappa shape index (κ2) is 5.00. The fraction of sp³-hybridized carbons (Fsp3) is 0.0714. The van der Waals surface area contributed by atoms with Gasteiger partial charge in [-0.15, -0.1) is 0 Å². The van der Waals surface area contributed by atoms with Gasteiger partial charge in [0.15, 0.2) is 5.58 Å². The minimum atomic E-state index is -0.992. The van der Waals surface area contributed by atoms with Crippen molar-refractivity contribution in [1.29, 1.82) is 0 Å². The Labute approximate surface area is 114 Å². The van der Waals surface area contributed by atoms with Crippen LogP contribution in [0.2, 0.25) is 0 Å². The van der Waals surface area contributed by atoms with Crippen molar-refractivity contribution >= 4 is 23.1 Å². The molecule has 0 aliphatic heterocycles. The molecule has 0 spiro atoms. The van der Waals surface area contributed by atoms with Crippen LogP contribution in [0, 0.1) is 0 Å². The molecule has 6 heteroatoms. The van der Waals surface area contributed by atoms with E-state index in [1.165, 1.54) is 12.1 Å². The fourth-order valence-electron chi connectivity index (χ4n) is 1.81. The zero-order valence-corrected chi connectivity index (χ0v) is 10.4. The van der Waals surface area contributed by atoms with E-state index in [0.29, 0.717) is 23.7 Å². The third kappa shape index (κ3) is 2.44. The Balaban J connectivity index is 1.80. The van der Waals surface area contributed by atoms with Gasteiger partial charge in [0.05, 0.1) is 5.56 Å². The van der Waals surface area contributed by atoms with Crippen LogP contribution in [0.15, 0.2) is 47.1 Å². The molecule has 0 fully saturated rings. The number of hydrogen-bond donors (Lipinski definition) is 2. The predicted molar refractivity (Wildman–Crippen MR) is 72.5 cm³/mol. The third-order valence-electron chi connectivity index (χ3n) is 2.80. The van der Waals surface area contributed by atoms with Gasteiger partial charge in [0, 0.05) is 18.9 Å². The standard InChI is InChI=1S/C14H11N3O3/c18-13(19)10-3-4-11-12(6-10)20-14(17-11)16-8-9-2-1-5-15-7-9/h1-7H,8H2,(H,16,17)(H,18,19). The van der Waals surface area contributed by atoms with Crippen LogP contribution in [0.1, 0.15) is 15.9 Å². The maximum Gasteiger partial charge on any atom is 0.335 e. The van der Waals surface area contributed by atoms with Gasteiger partial charge < -0.3 is 14.8 Å². The second-order valence-corrected chi connectivity index (χ2v) is 4.22. The topological polar surface area (TPSA) is 88.2 Å². The van der Waals surface area contributed by atoms with Crippen molar-refractivity contribution < 1.29 is 14.3 Å². The van der Waals surface area contributed by atoms with Crippen molar-refractivity contribution in [2.45, 2.75) is 6.54 Å². The first-order chi connectivity index (χ1) is 9.72. The number of nitrogens with one attached hydrogen (secondary N) is 1. The minimum absolute atomic E-state index is 0.174. The Kier molecular flexibility index (Phi) is 3.04. The highest BCUT2D eigenvalue weighted by molar-refractivity contribution is 5.92. The van der Waals surface area contributed by atoms with Gasteiger partial charge in [0.25, 0.3) is 6.01 Å². The lowest BCUT2D eigenvalue weighted by molar-refractivity contribution is 0.0697. The van der Waals surface area contributed by atoms with Crippen molar-refractivity contribution in [3.8, 4) is 0 Å². The highest BCUT2D eigenvalue weighted by Gasteiger charge is 2.09. The molecule has 0 aliphatic carbocycles. The molecule has 0 radical (unpaired) electrons. The van der Waals surface area contributed by atoms with Crippen LogP contribution in [0.3, 0.4) is 0 Å². The summed E-state index contributed by atoms with van der Waals surface area (Å²) in [5.41, 5.74) is 2.23. The fourth-order valence-corrected chi connectivity index (χ4v) is 1.81. The van der Waals surface area contributed by atoms with Crippen LogP contribution in [0.25, 0.3) is 11.1 Å². The Hall–Kier alpha value is -2.89. The number of fused-ring (bicyclic) bond motifs is 1. The molecule has 6 nitrogen and oxygen atoms in total. The lowest BCUT2D eigenvalue weighted by Gasteiger charge is -2.00. The lowest BCUT2D eigenvalue weighted by atomic mass is 10.2. The number of aromatic carboxylic acids is 1. The molecule has 3 rings (SSSR count). The molecular formula is C14H11N3O3. The van der Waals surface area contributed by atoms with Crippen LogP contribution < -0.4 is 5.32 Å². The van der Waals surface area contributed by atoms with Gasteiger partial charge in [0.2, 0.25) is 0 Å². The van der Waals surface area contributed by atoms with Crippen molar-refractivity contribution in [1.82, 2.24) is 9.97 Å². The maximum absolute atomic E-state index is 10.9. The molecular weight excluding hydrogens is 258 g/mol. The predicted octanol–water partition coefficient (Wildman–Crippen LogP) is 2.53. The summed E-state index contributed by atoms with van der Waals surface area (Å²) in [6.07, 6.45) is 3.45. The minimum Gasteiger partial charge on any atom is -0.478 e. The van der Waals surface area contributed by atoms with E-state index in [2.05, 4.69) is 15.3 Å². The number of hydrogen-bond acceptors (Lipinski definition) is 5. The Morgan fingerprint density at radius 1 is 1.35 bits per heavy atom. The molecule has 0 amide bonds. The first-order valence-corrected chi connectivity index (χ1v) is 5.99. The van der Waals surface area contributed by atoms with Crippen LogP contribution in [0.4, 0.5) is 6.01 Å². The van der Waals surface area contributed by atoms with Crippen LogP contribution in [0.5, 0.6) is 0 Å². The SMILES string of the molecule is O=C(O)c1ccc2nc(NCc3cccnc3)oc2c1. The van der Waals surface area contributed by atoms with Crippen molar-refractivity contribution in [2.24, 2.45) is 0 Å². The summed E-state index contributed by atoms with van der Waals surface area (Å²) in [6.45, 7) is 0.534. The summed E-state index contributed by atoms with van der Waals surface area (Å²) in [5, 5.41) is 12.0. The largest absolute Gasteiger partial charge is 0.478 e. The number of pyridine rings is 1. The van der Waals surface area contributed by atoms with Crippen LogP contribution in [-0.2, 0) is 6.54 Å². The quantitative estimate of drug-likeness (QED) is 0.756. The number of anilines is 1. The molecule has 2 aromatic heterocycles. The highest BCUT2D eigenvalue weighted by Crippen LogP contribution is 2.20. The van der Waals surface area contributed by atoms with E-state index in [0.717, 1.165) is 5.56 Å². The molecule has 0 atom stereocenters. The Morgan fingerprint density at radius 3 is 3.00 bits per heavy atom. The van der Waals surface area contributed by atoms with Gasteiger partial charge in [0.1, 0.15) is 5.52 Å². The number of aromatic nitrogens is 2. The maximum atomic E-state index is 10.9. The summed E-state index contributed by atoms with van der Waals surface area (Å²) >= 11 is 0. The van der Waals surface area contributed by atoms with E-state index in [1.807, 2.05) is 12.1 Å². The first kappa shape index (κ1) is 12.2. The Bertz CT molecular complexity index is 753. The number of carbonyl (C=O) groups is 1.